The monoisotopic (exact) mass is 494 g/mol. The molecule has 1 aliphatic carbocycles. The Morgan fingerprint density at radius 1 is 1.03 bits per heavy atom. The van der Waals surface area contributed by atoms with Crippen molar-refractivity contribution in [1.82, 2.24) is 19.7 Å². The zero-order valence-electron chi connectivity index (χ0n) is 18.8. The number of halogens is 1. The first-order chi connectivity index (χ1) is 15.9. The molecule has 2 aromatic heterocycles. The van der Waals surface area contributed by atoms with Gasteiger partial charge in [-0.1, -0.05) is 11.6 Å². The smallest absolute Gasteiger partial charge is 0.208 e. The van der Waals surface area contributed by atoms with E-state index >= 15 is 0 Å². The summed E-state index contributed by atoms with van der Waals surface area (Å²) in [5.41, 5.74) is 1.45. The first-order valence-corrected chi connectivity index (χ1v) is 13.7. The maximum absolute atomic E-state index is 11.5. The van der Waals surface area contributed by atoms with E-state index in [4.69, 9.17) is 21.3 Å². The van der Waals surface area contributed by atoms with Crippen molar-refractivity contribution < 1.29 is 13.2 Å². The number of rotatable bonds is 8. The second-order valence-electron chi connectivity index (χ2n) is 8.86. The van der Waals surface area contributed by atoms with Gasteiger partial charge in [-0.25, -0.2) is 23.1 Å². The van der Waals surface area contributed by atoms with E-state index in [9.17, 15) is 8.42 Å². The van der Waals surface area contributed by atoms with Gasteiger partial charge < -0.3 is 15.4 Å². The molecule has 11 heteroatoms. The van der Waals surface area contributed by atoms with Gasteiger partial charge in [0.05, 0.1) is 29.4 Å². The van der Waals surface area contributed by atoms with Gasteiger partial charge in [0.15, 0.2) is 0 Å². The minimum atomic E-state index is -3.18. The molecule has 0 radical (unpaired) electrons. The molecular formula is C22H31ClN6O3S. The first-order valence-electron chi connectivity index (χ1n) is 11.4. The lowest BCUT2D eigenvalue weighted by Crippen LogP contribution is -2.39. The van der Waals surface area contributed by atoms with Crippen LogP contribution in [0.4, 0.5) is 11.6 Å². The topological polar surface area (TPSA) is 118 Å². The van der Waals surface area contributed by atoms with Crippen molar-refractivity contribution in [3.8, 4) is 11.3 Å². The summed E-state index contributed by atoms with van der Waals surface area (Å²) >= 11 is 6.45. The summed E-state index contributed by atoms with van der Waals surface area (Å²) < 4.78 is 31.0. The number of hydrogen-bond acceptors (Lipinski definition) is 8. The van der Waals surface area contributed by atoms with Gasteiger partial charge in [-0.2, -0.15) is 0 Å². The third-order valence-electron chi connectivity index (χ3n) is 6.14. The Hall–Kier alpha value is -2.01. The highest BCUT2D eigenvalue weighted by Gasteiger charge is 2.23. The number of pyridine rings is 1. The third-order valence-corrected chi connectivity index (χ3v) is 7.20. The van der Waals surface area contributed by atoms with E-state index in [0.29, 0.717) is 16.6 Å². The van der Waals surface area contributed by atoms with Crippen LogP contribution in [0.2, 0.25) is 5.02 Å². The molecule has 0 unspecified atom stereocenters. The van der Waals surface area contributed by atoms with E-state index in [-0.39, 0.29) is 12.1 Å². The van der Waals surface area contributed by atoms with E-state index in [1.54, 1.807) is 18.6 Å². The number of hydrogen-bond donors (Lipinski definition) is 3. The maximum atomic E-state index is 11.5. The van der Waals surface area contributed by atoms with Crippen molar-refractivity contribution in [3.05, 3.63) is 29.7 Å². The zero-order chi connectivity index (χ0) is 23.3. The standard InChI is InChI=1S/C22H31ClN6O3S/c1-33(30,31)29-17-4-2-16(3-5-17)27-21-10-18(19(23)12-26-21)20-13-24-14-22(28-20)25-11-15-6-8-32-9-7-15/h10,12-17,29H,2-9,11H2,1H3,(H,25,28)(H,26,27). The molecule has 2 fully saturated rings. The van der Waals surface area contributed by atoms with Gasteiger partial charge in [-0.05, 0) is 50.5 Å². The highest BCUT2D eigenvalue weighted by Crippen LogP contribution is 2.30. The van der Waals surface area contributed by atoms with Crippen molar-refractivity contribution in [2.45, 2.75) is 50.6 Å². The van der Waals surface area contributed by atoms with E-state index in [1.807, 2.05) is 6.07 Å². The fourth-order valence-corrected chi connectivity index (χ4v) is 5.40. The number of nitrogens with one attached hydrogen (secondary N) is 3. The van der Waals surface area contributed by atoms with Gasteiger partial charge in [0.25, 0.3) is 0 Å². The van der Waals surface area contributed by atoms with Crippen LogP contribution in [0.3, 0.4) is 0 Å². The van der Waals surface area contributed by atoms with Gasteiger partial charge in [-0.15, -0.1) is 0 Å². The minimum Gasteiger partial charge on any atom is -0.381 e. The summed E-state index contributed by atoms with van der Waals surface area (Å²) in [6.45, 7) is 2.47. The van der Waals surface area contributed by atoms with Crippen LogP contribution in [0, 0.1) is 5.92 Å². The lowest BCUT2D eigenvalue weighted by Gasteiger charge is -2.29. The summed E-state index contributed by atoms with van der Waals surface area (Å²) in [6.07, 6.45) is 11.7. The fourth-order valence-electron chi connectivity index (χ4n) is 4.36. The summed E-state index contributed by atoms with van der Waals surface area (Å²) in [4.78, 5) is 13.5. The molecule has 0 atom stereocenters. The Labute approximate surface area is 200 Å². The van der Waals surface area contributed by atoms with Crippen LogP contribution in [-0.2, 0) is 14.8 Å². The van der Waals surface area contributed by atoms with Gasteiger partial charge in [-0.3, -0.25) is 4.98 Å². The number of nitrogens with zero attached hydrogens (tertiary/aromatic N) is 3. The van der Waals surface area contributed by atoms with Gasteiger partial charge >= 0.3 is 0 Å². The quantitative estimate of drug-likeness (QED) is 0.511. The normalized spacial score (nSPS) is 22.1. The Morgan fingerprint density at radius 2 is 1.76 bits per heavy atom. The highest BCUT2D eigenvalue weighted by atomic mass is 35.5. The molecule has 0 bridgehead atoms. The summed E-state index contributed by atoms with van der Waals surface area (Å²) in [5, 5.41) is 7.37. The van der Waals surface area contributed by atoms with Crippen molar-refractivity contribution >= 4 is 33.3 Å². The summed E-state index contributed by atoms with van der Waals surface area (Å²) in [6, 6.07) is 2.12. The first kappa shape index (κ1) is 24.1. The van der Waals surface area contributed by atoms with Gasteiger partial charge in [0.2, 0.25) is 10.0 Å². The Balaban J connectivity index is 1.38. The average Bonchev–Trinajstić information content (AvgIpc) is 2.80. The predicted molar refractivity (Wildman–Crippen MR) is 130 cm³/mol. The fraction of sp³-hybridized carbons (Fsp3) is 0.591. The molecule has 1 saturated carbocycles. The largest absolute Gasteiger partial charge is 0.381 e. The van der Waals surface area contributed by atoms with E-state index in [1.165, 1.54) is 6.26 Å². The van der Waals surface area contributed by atoms with Gasteiger partial charge in [0, 0.05) is 43.6 Å². The Bertz CT molecular complexity index is 1040. The number of sulfonamides is 1. The molecule has 2 aromatic rings. The van der Waals surface area contributed by atoms with Crippen LogP contribution in [0.15, 0.2) is 24.7 Å². The molecule has 4 rings (SSSR count). The number of aromatic nitrogens is 3. The molecular weight excluding hydrogens is 464 g/mol. The molecule has 1 aliphatic heterocycles. The number of ether oxygens (including phenoxy) is 1. The lowest BCUT2D eigenvalue weighted by atomic mass is 9.92. The SMILES string of the molecule is CS(=O)(=O)NC1CCC(Nc2cc(-c3cncc(NCC4CCOCC4)n3)c(Cl)cn2)CC1. The van der Waals surface area contributed by atoms with Crippen LogP contribution in [0.25, 0.3) is 11.3 Å². The Kier molecular flexibility index (Phi) is 8.00. The van der Waals surface area contributed by atoms with Crippen LogP contribution in [-0.4, -0.2) is 61.5 Å². The molecule has 0 spiro atoms. The number of anilines is 2. The van der Waals surface area contributed by atoms with E-state index in [0.717, 1.165) is 75.5 Å². The van der Waals surface area contributed by atoms with E-state index < -0.39 is 10.0 Å². The molecule has 3 heterocycles. The summed E-state index contributed by atoms with van der Waals surface area (Å²) in [7, 11) is -3.18. The van der Waals surface area contributed by atoms with Crippen LogP contribution >= 0.6 is 11.6 Å². The molecule has 3 N–H and O–H groups in total. The minimum absolute atomic E-state index is 0.00145. The molecule has 0 amide bonds. The Morgan fingerprint density at radius 3 is 2.48 bits per heavy atom. The second-order valence-corrected chi connectivity index (χ2v) is 11.0. The van der Waals surface area contributed by atoms with Gasteiger partial charge in [0.1, 0.15) is 11.6 Å². The van der Waals surface area contributed by atoms with Crippen molar-refractivity contribution in [1.29, 1.82) is 0 Å². The highest BCUT2D eigenvalue weighted by molar-refractivity contribution is 7.88. The second kappa shape index (κ2) is 10.9. The lowest BCUT2D eigenvalue weighted by molar-refractivity contribution is 0.0699. The van der Waals surface area contributed by atoms with Crippen LogP contribution in [0.1, 0.15) is 38.5 Å². The summed E-state index contributed by atoms with van der Waals surface area (Å²) in [5.74, 6) is 2.02. The molecule has 180 valence electrons. The molecule has 1 saturated heterocycles. The molecule has 9 nitrogen and oxygen atoms in total. The van der Waals surface area contributed by atoms with Crippen molar-refractivity contribution in [3.63, 3.8) is 0 Å². The molecule has 0 aromatic carbocycles. The van der Waals surface area contributed by atoms with Crippen molar-refractivity contribution in [2.24, 2.45) is 5.92 Å². The molecule has 33 heavy (non-hydrogen) atoms. The van der Waals surface area contributed by atoms with Crippen molar-refractivity contribution in [2.75, 3.05) is 36.6 Å². The third kappa shape index (κ3) is 7.23. The zero-order valence-corrected chi connectivity index (χ0v) is 20.3. The van der Waals surface area contributed by atoms with Crippen LogP contribution in [0.5, 0.6) is 0 Å². The van der Waals surface area contributed by atoms with E-state index in [2.05, 4.69) is 25.3 Å². The maximum Gasteiger partial charge on any atom is 0.208 e. The average molecular weight is 495 g/mol. The van der Waals surface area contributed by atoms with Crippen LogP contribution < -0.4 is 15.4 Å². The molecule has 2 aliphatic rings. The predicted octanol–water partition coefficient (Wildman–Crippen LogP) is 3.30.